The fourth-order valence-corrected chi connectivity index (χ4v) is 4.30. The maximum atomic E-state index is 12.5. The van der Waals surface area contributed by atoms with Gasteiger partial charge in [0.05, 0.1) is 5.56 Å². The summed E-state index contributed by atoms with van der Waals surface area (Å²) < 4.78 is 37.4. The van der Waals surface area contributed by atoms with Crippen LogP contribution in [0.15, 0.2) is 91.3 Å². The Morgan fingerprint density at radius 3 is 2.30 bits per heavy atom. The molecule has 190 valence electrons. The first-order chi connectivity index (χ1) is 17.7. The van der Waals surface area contributed by atoms with Gasteiger partial charge in [0.1, 0.15) is 0 Å². The van der Waals surface area contributed by atoms with E-state index in [-0.39, 0.29) is 5.56 Å². The van der Waals surface area contributed by atoms with Gasteiger partial charge in [-0.3, -0.25) is 14.7 Å². The van der Waals surface area contributed by atoms with Crippen LogP contribution >= 0.6 is 0 Å². The number of rotatable bonds is 4. The minimum absolute atomic E-state index is 0.280. The van der Waals surface area contributed by atoms with Gasteiger partial charge in [-0.05, 0) is 76.7 Å². The third kappa shape index (κ3) is 6.74. The number of fused-ring (bicyclic) bond motifs is 1. The molecular weight excluding hydrogens is 477 g/mol. The smallest absolute Gasteiger partial charge is 0.399 e. The number of anilines is 1. The standard InChI is InChI=1S/C15H17N3.C14H10F3NO/c16-15-2-1-14-11-18(8-5-13(14)9-15)10-12-3-6-17-7-4-12;15-14(16,17)10-7-5-9(6-8-10)11-3-1-2-4-12(11)13(18)19/h1-4,6-7,9H,5,8,10-11,16H2;1-8H,(H2,18,19). The molecule has 2 heterocycles. The van der Waals surface area contributed by atoms with Gasteiger partial charge in [-0.2, -0.15) is 13.2 Å². The summed E-state index contributed by atoms with van der Waals surface area (Å²) in [6.45, 7) is 3.10. The van der Waals surface area contributed by atoms with E-state index in [0.29, 0.717) is 11.1 Å². The van der Waals surface area contributed by atoms with Crippen molar-refractivity contribution in [2.24, 2.45) is 5.73 Å². The first-order valence-corrected chi connectivity index (χ1v) is 11.8. The van der Waals surface area contributed by atoms with E-state index in [2.05, 4.69) is 34.1 Å². The van der Waals surface area contributed by atoms with Gasteiger partial charge >= 0.3 is 6.18 Å². The molecule has 37 heavy (non-hydrogen) atoms. The maximum Gasteiger partial charge on any atom is 0.416 e. The zero-order valence-electron chi connectivity index (χ0n) is 20.1. The number of pyridine rings is 1. The predicted octanol–water partition coefficient (Wildman–Crippen LogP) is 5.69. The fourth-order valence-electron chi connectivity index (χ4n) is 4.30. The zero-order valence-corrected chi connectivity index (χ0v) is 20.1. The normalized spacial score (nSPS) is 13.3. The summed E-state index contributed by atoms with van der Waals surface area (Å²) >= 11 is 0. The van der Waals surface area contributed by atoms with Crippen LogP contribution in [-0.4, -0.2) is 22.3 Å². The van der Waals surface area contributed by atoms with Gasteiger partial charge < -0.3 is 11.5 Å². The van der Waals surface area contributed by atoms with E-state index in [1.807, 2.05) is 18.5 Å². The van der Waals surface area contributed by atoms with Crippen LogP contribution in [0.25, 0.3) is 11.1 Å². The molecule has 1 amide bonds. The number of primary amides is 1. The molecule has 1 aliphatic heterocycles. The predicted molar refractivity (Wildman–Crippen MR) is 138 cm³/mol. The molecule has 5 nitrogen and oxygen atoms in total. The lowest BCUT2D eigenvalue weighted by atomic mass is 9.98. The highest BCUT2D eigenvalue weighted by Gasteiger charge is 2.30. The molecule has 1 aromatic heterocycles. The summed E-state index contributed by atoms with van der Waals surface area (Å²) in [7, 11) is 0. The summed E-state index contributed by atoms with van der Waals surface area (Å²) in [5.41, 5.74) is 16.6. The van der Waals surface area contributed by atoms with Gasteiger partial charge in [0.2, 0.25) is 5.91 Å². The number of amides is 1. The van der Waals surface area contributed by atoms with Crippen LogP contribution in [0.2, 0.25) is 0 Å². The second-order valence-electron chi connectivity index (χ2n) is 8.83. The molecule has 1 aliphatic rings. The summed E-state index contributed by atoms with van der Waals surface area (Å²) in [4.78, 5) is 17.8. The SMILES string of the molecule is NC(=O)c1ccccc1-c1ccc(C(F)(F)F)cc1.Nc1ccc2c(c1)CCN(Cc1ccncc1)C2. The number of nitrogens with zero attached hydrogens (tertiary/aromatic N) is 2. The van der Waals surface area contributed by atoms with Crippen molar-refractivity contribution in [2.75, 3.05) is 12.3 Å². The third-order valence-corrected chi connectivity index (χ3v) is 6.19. The lowest BCUT2D eigenvalue weighted by Crippen LogP contribution is -2.30. The Kier molecular flexibility index (Phi) is 7.89. The molecule has 0 fully saturated rings. The van der Waals surface area contributed by atoms with Crippen LogP contribution < -0.4 is 11.5 Å². The molecule has 0 spiro atoms. The molecule has 8 heteroatoms. The Balaban J connectivity index is 0.000000173. The highest BCUT2D eigenvalue weighted by atomic mass is 19.4. The number of hydrogen-bond acceptors (Lipinski definition) is 4. The first-order valence-electron chi connectivity index (χ1n) is 11.8. The Morgan fingerprint density at radius 1 is 0.919 bits per heavy atom. The molecule has 5 rings (SSSR count). The minimum atomic E-state index is -4.37. The van der Waals surface area contributed by atoms with E-state index < -0.39 is 17.6 Å². The lowest BCUT2D eigenvalue weighted by Gasteiger charge is -2.28. The molecule has 0 unspecified atom stereocenters. The van der Waals surface area contributed by atoms with Crippen molar-refractivity contribution in [1.29, 1.82) is 0 Å². The van der Waals surface area contributed by atoms with E-state index in [9.17, 15) is 18.0 Å². The van der Waals surface area contributed by atoms with Gasteiger partial charge in [-0.15, -0.1) is 0 Å². The Bertz CT molecular complexity index is 1360. The van der Waals surface area contributed by atoms with Crippen LogP contribution in [0, 0.1) is 0 Å². The van der Waals surface area contributed by atoms with Crippen molar-refractivity contribution >= 4 is 11.6 Å². The number of nitrogen functional groups attached to an aromatic ring is 1. The topological polar surface area (TPSA) is 85.2 Å². The maximum absolute atomic E-state index is 12.5. The highest BCUT2D eigenvalue weighted by molar-refractivity contribution is 5.99. The van der Waals surface area contributed by atoms with Crippen LogP contribution in [-0.2, 0) is 25.7 Å². The summed E-state index contributed by atoms with van der Waals surface area (Å²) in [6, 6.07) is 21.6. The molecule has 4 N–H and O–H groups in total. The lowest BCUT2D eigenvalue weighted by molar-refractivity contribution is -0.137. The molecule has 4 aromatic rings. The molecule has 3 aromatic carbocycles. The van der Waals surface area contributed by atoms with Crippen molar-refractivity contribution < 1.29 is 18.0 Å². The van der Waals surface area contributed by atoms with E-state index in [1.165, 1.54) is 34.9 Å². The average molecular weight is 505 g/mol. The van der Waals surface area contributed by atoms with Crippen molar-refractivity contribution in [3.8, 4) is 11.1 Å². The zero-order chi connectivity index (χ0) is 26.4. The summed E-state index contributed by atoms with van der Waals surface area (Å²) in [6.07, 6.45) is 0.426. The number of halogens is 3. The Hall–Kier alpha value is -4.17. The second-order valence-corrected chi connectivity index (χ2v) is 8.83. The second kappa shape index (κ2) is 11.3. The molecule has 0 aliphatic carbocycles. The van der Waals surface area contributed by atoms with Crippen molar-refractivity contribution in [2.45, 2.75) is 25.7 Å². The van der Waals surface area contributed by atoms with E-state index in [0.717, 1.165) is 43.9 Å². The average Bonchev–Trinajstić information content (AvgIpc) is 2.89. The molecule has 0 saturated heterocycles. The largest absolute Gasteiger partial charge is 0.416 e. The number of carbonyl (C=O) groups is 1. The first kappa shape index (κ1) is 25.9. The van der Waals surface area contributed by atoms with Crippen LogP contribution in [0.3, 0.4) is 0 Å². The summed E-state index contributed by atoms with van der Waals surface area (Å²) in [5.74, 6) is -0.615. The van der Waals surface area contributed by atoms with Crippen LogP contribution in [0.4, 0.5) is 18.9 Å². The van der Waals surface area contributed by atoms with Crippen molar-refractivity contribution in [1.82, 2.24) is 9.88 Å². The minimum Gasteiger partial charge on any atom is -0.399 e. The molecule has 0 atom stereocenters. The molecular formula is C29H27F3N4O. The van der Waals surface area contributed by atoms with Gasteiger partial charge in [-0.1, -0.05) is 36.4 Å². The fraction of sp³-hybridized carbons (Fsp3) is 0.172. The van der Waals surface area contributed by atoms with Crippen LogP contribution in [0.1, 0.15) is 32.6 Å². The van der Waals surface area contributed by atoms with E-state index >= 15 is 0 Å². The van der Waals surface area contributed by atoms with Gasteiger partial charge in [0.15, 0.2) is 0 Å². The number of carbonyl (C=O) groups excluding carboxylic acids is 1. The number of benzene rings is 3. The van der Waals surface area contributed by atoms with Crippen LogP contribution in [0.5, 0.6) is 0 Å². The Labute approximate surface area is 213 Å². The Morgan fingerprint density at radius 2 is 1.62 bits per heavy atom. The van der Waals surface area contributed by atoms with E-state index in [4.69, 9.17) is 11.5 Å². The van der Waals surface area contributed by atoms with E-state index in [1.54, 1.807) is 18.2 Å². The van der Waals surface area contributed by atoms with Gasteiger partial charge in [0.25, 0.3) is 0 Å². The molecule has 0 bridgehead atoms. The van der Waals surface area contributed by atoms with Gasteiger partial charge in [0, 0.05) is 43.3 Å². The summed E-state index contributed by atoms with van der Waals surface area (Å²) in [5, 5.41) is 0. The number of alkyl halides is 3. The highest BCUT2D eigenvalue weighted by Crippen LogP contribution is 2.31. The number of aromatic nitrogens is 1. The molecule has 0 radical (unpaired) electrons. The number of hydrogen-bond donors (Lipinski definition) is 2. The van der Waals surface area contributed by atoms with Crippen molar-refractivity contribution in [3.63, 3.8) is 0 Å². The monoisotopic (exact) mass is 504 g/mol. The molecule has 0 saturated carbocycles. The van der Waals surface area contributed by atoms with Gasteiger partial charge in [-0.25, -0.2) is 0 Å². The quantitative estimate of drug-likeness (QED) is 0.350. The number of nitrogens with two attached hydrogens (primary N) is 2. The third-order valence-electron chi connectivity index (χ3n) is 6.19. The van der Waals surface area contributed by atoms with Crippen molar-refractivity contribution in [3.05, 3.63) is 119 Å².